The smallest absolute Gasteiger partial charge is 0.0467 e. The maximum atomic E-state index is 11.5. The van der Waals surface area contributed by atoms with Crippen molar-refractivity contribution < 1.29 is 4.21 Å². The van der Waals surface area contributed by atoms with Gasteiger partial charge in [-0.05, 0) is 5.92 Å². The van der Waals surface area contributed by atoms with Gasteiger partial charge in [0.15, 0.2) is 0 Å². The van der Waals surface area contributed by atoms with Gasteiger partial charge in [0.05, 0.1) is 0 Å². The van der Waals surface area contributed by atoms with Crippen molar-refractivity contribution in [1.82, 2.24) is 0 Å². The van der Waals surface area contributed by atoms with Crippen LogP contribution in [0, 0.1) is 10.7 Å². The molecule has 1 N–H and O–H groups in total. The molecule has 0 amide bonds. The molecule has 0 rings (SSSR count). The van der Waals surface area contributed by atoms with Crippen LogP contribution in [0.2, 0.25) is 0 Å². The molecule has 0 unspecified atom stereocenters. The molecule has 0 aliphatic heterocycles. The quantitative estimate of drug-likeness (QED) is 0.704. The molecule has 0 aliphatic rings. The van der Waals surface area contributed by atoms with E-state index in [2.05, 4.69) is 13.8 Å². The molecular formula is C8H19NOS. The van der Waals surface area contributed by atoms with Gasteiger partial charge in [-0.15, -0.1) is 0 Å². The first-order chi connectivity index (χ1) is 4.90. The maximum absolute atomic E-state index is 11.5. The minimum atomic E-state index is -2.31. The minimum Gasteiger partial charge on any atom is -0.253 e. The highest BCUT2D eigenvalue weighted by atomic mass is 32.2. The monoisotopic (exact) mass is 177 g/mol. The van der Waals surface area contributed by atoms with Crippen LogP contribution in [-0.4, -0.2) is 15.2 Å². The molecule has 0 aromatic carbocycles. The summed E-state index contributed by atoms with van der Waals surface area (Å²) in [6.45, 7) is 7.84. The molecule has 0 aromatic rings. The lowest BCUT2D eigenvalue weighted by molar-refractivity contribution is 0.606. The summed E-state index contributed by atoms with van der Waals surface area (Å²) in [5.74, 6) is 0.976. The Hall–Kier alpha value is -0.0500. The number of nitrogens with one attached hydrogen (secondary N) is 1. The van der Waals surface area contributed by atoms with Crippen LogP contribution >= 0.6 is 0 Å². The molecule has 11 heavy (non-hydrogen) atoms. The molecule has 0 saturated carbocycles. The minimum absolute atomic E-state index is 0.00324. The van der Waals surface area contributed by atoms with E-state index in [1.54, 1.807) is 0 Å². The van der Waals surface area contributed by atoms with Crippen LogP contribution in [0.1, 0.15) is 34.1 Å². The van der Waals surface area contributed by atoms with Crippen LogP contribution in [-0.2, 0) is 9.73 Å². The molecule has 0 aromatic heterocycles. The lowest BCUT2D eigenvalue weighted by atomic mass is 10.2. The average molecular weight is 177 g/mol. The number of hydrogen-bond acceptors (Lipinski definition) is 2. The number of rotatable bonds is 4. The Morgan fingerprint density at radius 3 is 2.09 bits per heavy atom. The molecule has 0 radical (unpaired) electrons. The SMILES string of the molecule is CC[C@@H](C)C[S@@](=N)(=O)C(C)C. The number of hydrogen-bond donors (Lipinski definition) is 1. The predicted molar refractivity (Wildman–Crippen MR) is 50.3 cm³/mol. The second-order valence-electron chi connectivity index (χ2n) is 3.46. The molecule has 0 heterocycles. The van der Waals surface area contributed by atoms with E-state index >= 15 is 0 Å². The Kier molecular flexibility index (Phi) is 4.08. The van der Waals surface area contributed by atoms with Gasteiger partial charge in [0.25, 0.3) is 0 Å². The average Bonchev–Trinajstić information content (AvgIpc) is 1.86. The third-order valence-electron chi connectivity index (χ3n) is 1.99. The molecule has 0 fully saturated rings. The molecule has 0 aliphatic carbocycles. The van der Waals surface area contributed by atoms with E-state index in [9.17, 15) is 4.21 Å². The van der Waals surface area contributed by atoms with Gasteiger partial charge in [0.1, 0.15) is 0 Å². The summed E-state index contributed by atoms with van der Waals surface area (Å²) in [5, 5.41) is -0.00324. The van der Waals surface area contributed by atoms with E-state index in [-0.39, 0.29) is 5.25 Å². The van der Waals surface area contributed by atoms with E-state index < -0.39 is 9.73 Å². The summed E-state index contributed by atoms with van der Waals surface area (Å²) < 4.78 is 19.1. The van der Waals surface area contributed by atoms with Gasteiger partial charge in [0.2, 0.25) is 0 Å². The first-order valence-electron chi connectivity index (χ1n) is 4.15. The highest BCUT2D eigenvalue weighted by Gasteiger charge is 2.14. The standard InChI is InChI=1S/C8H19NOS/c1-5-8(4)6-11(9,10)7(2)3/h7-9H,5-6H2,1-4H3/t8-,11-/m1/s1. The Bertz CT molecular complexity index is 194. The zero-order chi connectivity index (χ0) is 9.07. The van der Waals surface area contributed by atoms with Crippen LogP contribution in [0.25, 0.3) is 0 Å². The van der Waals surface area contributed by atoms with Crippen LogP contribution < -0.4 is 0 Å². The molecule has 0 saturated heterocycles. The molecular weight excluding hydrogens is 158 g/mol. The fraction of sp³-hybridized carbons (Fsp3) is 1.00. The highest BCUT2D eigenvalue weighted by molar-refractivity contribution is 7.92. The van der Waals surface area contributed by atoms with E-state index in [1.807, 2.05) is 13.8 Å². The highest BCUT2D eigenvalue weighted by Crippen LogP contribution is 2.10. The summed E-state index contributed by atoms with van der Waals surface area (Å²) in [5.41, 5.74) is 0. The van der Waals surface area contributed by atoms with E-state index in [0.717, 1.165) is 6.42 Å². The van der Waals surface area contributed by atoms with Crippen molar-refractivity contribution >= 4 is 9.73 Å². The van der Waals surface area contributed by atoms with Gasteiger partial charge >= 0.3 is 0 Å². The normalized spacial score (nSPS) is 19.7. The van der Waals surface area contributed by atoms with Crippen molar-refractivity contribution in [3.8, 4) is 0 Å². The van der Waals surface area contributed by atoms with Crippen molar-refractivity contribution in [3.05, 3.63) is 0 Å². The van der Waals surface area contributed by atoms with Crippen LogP contribution in [0.4, 0.5) is 0 Å². The Balaban J connectivity index is 4.15. The molecule has 2 atom stereocenters. The molecule has 0 bridgehead atoms. The van der Waals surface area contributed by atoms with Crippen molar-refractivity contribution in [3.63, 3.8) is 0 Å². The van der Waals surface area contributed by atoms with Crippen LogP contribution in [0.3, 0.4) is 0 Å². The van der Waals surface area contributed by atoms with Gasteiger partial charge in [-0.3, -0.25) is 4.78 Å². The summed E-state index contributed by atoms with van der Waals surface area (Å²) >= 11 is 0. The Morgan fingerprint density at radius 1 is 1.36 bits per heavy atom. The van der Waals surface area contributed by atoms with Crippen molar-refractivity contribution in [2.45, 2.75) is 39.4 Å². The van der Waals surface area contributed by atoms with Crippen LogP contribution in [0.5, 0.6) is 0 Å². The van der Waals surface area contributed by atoms with Gasteiger partial charge in [-0.2, -0.15) is 0 Å². The molecule has 0 spiro atoms. The van der Waals surface area contributed by atoms with Gasteiger partial charge in [0, 0.05) is 20.7 Å². The van der Waals surface area contributed by atoms with Gasteiger partial charge in [-0.25, -0.2) is 4.21 Å². The summed E-state index contributed by atoms with van der Waals surface area (Å²) in [4.78, 5) is 0. The summed E-state index contributed by atoms with van der Waals surface area (Å²) in [6.07, 6.45) is 1.02. The predicted octanol–water partition coefficient (Wildman–Crippen LogP) is 2.49. The Labute approximate surface area is 70.4 Å². The maximum Gasteiger partial charge on any atom is 0.0467 e. The van der Waals surface area contributed by atoms with Gasteiger partial charge in [-0.1, -0.05) is 34.1 Å². The fourth-order valence-corrected chi connectivity index (χ4v) is 2.20. The first kappa shape index (κ1) is 11.0. The largest absolute Gasteiger partial charge is 0.253 e. The molecule has 68 valence electrons. The third-order valence-corrected chi connectivity index (χ3v) is 4.58. The lowest BCUT2D eigenvalue weighted by Gasteiger charge is -2.14. The fourth-order valence-electron chi connectivity index (χ4n) is 0.733. The topological polar surface area (TPSA) is 40.9 Å². The van der Waals surface area contributed by atoms with E-state index in [1.165, 1.54) is 0 Å². The van der Waals surface area contributed by atoms with Crippen molar-refractivity contribution in [2.24, 2.45) is 5.92 Å². The van der Waals surface area contributed by atoms with Crippen molar-refractivity contribution in [1.29, 1.82) is 4.78 Å². The lowest BCUT2D eigenvalue weighted by Crippen LogP contribution is -2.20. The Morgan fingerprint density at radius 2 is 1.82 bits per heavy atom. The zero-order valence-electron chi connectivity index (χ0n) is 7.89. The first-order valence-corrected chi connectivity index (χ1v) is 5.94. The van der Waals surface area contributed by atoms with E-state index in [0.29, 0.717) is 11.7 Å². The van der Waals surface area contributed by atoms with E-state index in [4.69, 9.17) is 4.78 Å². The molecule has 2 nitrogen and oxygen atoms in total. The van der Waals surface area contributed by atoms with Gasteiger partial charge < -0.3 is 0 Å². The summed E-state index contributed by atoms with van der Waals surface area (Å²) in [7, 11) is -2.31. The van der Waals surface area contributed by atoms with Crippen molar-refractivity contribution in [2.75, 3.05) is 5.75 Å². The second-order valence-corrected chi connectivity index (χ2v) is 6.18. The second kappa shape index (κ2) is 4.10. The third kappa shape index (κ3) is 3.75. The molecule has 3 heteroatoms. The van der Waals surface area contributed by atoms with Crippen LogP contribution in [0.15, 0.2) is 0 Å². The zero-order valence-corrected chi connectivity index (χ0v) is 8.70. The summed E-state index contributed by atoms with van der Waals surface area (Å²) in [6, 6.07) is 0.